The van der Waals surface area contributed by atoms with Gasteiger partial charge >= 0.3 is 0 Å². The number of methoxy groups -OCH3 is 2. The Balaban J connectivity index is 1.63. The molecule has 0 bridgehead atoms. The summed E-state index contributed by atoms with van der Waals surface area (Å²) in [5, 5.41) is 6.70. The lowest BCUT2D eigenvalue weighted by atomic mass is 10.1. The van der Waals surface area contributed by atoms with E-state index in [-0.39, 0.29) is 17.7 Å². The molecule has 1 fully saturated rings. The van der Waals surface area contributed by atoms with Gasteiger partial charge < -0.3 is 19.3 Å². The number of nitrogens with one attached hydrogen (secondary N) is 1. The van der Waals surface area contributed by atoms with E-state index in [9.17, 15) is 4.79 Å². The van der Waals surface area contributed by atoms with E-state index in [1.54, 1.807) is 14.2 Å². The number of carbonyl (C=O) groups is 1. The molecule has 1 N–H and O–H groups in total. The molecule has 23 heavy (non-hydrogen) atoms. The molecule has 1 amide bonds. The molecule has 1 aliphatic rings. The van der Waals surface area contributed by atoms with E-state index in [0.717, 1.165) is 29.2 Å². The Labute approximate surface area is 134 Å². The van der Waals surface area contributed by atoms with Gasteiger partial charge in [0.25, 0.3) is 0 Å². The Morgan fingerprint density at radius 2 is 2.17 bits per heavy atom. The third kappa shape index (κ3) is 3.31. The van der Waals surface area contributed by atoms with Gasteiger partial charge in [-0.15, -0.1) is 0 Å². The van der Waals surface area contributed by atoms with Crippen molar-refractivity contribution in [2.24, 2.45) is 5.92 Å². The number of aryl methyl sites for hydroxylation is 1. The van der Waals surface area contributed by atoms with Gasteiger partial charge in [-0.25, -0.2) is 0 Å². The summed E-state index contributed by atoms with van der Waals surface area (Å²) >= 11 is 0. The van der Waals surface area contributed by atoms with E-state index in [1.165, 1.54) is 0 Å². The largest absolute Gasteiger partial charge is 0.497 e. The summed E-state index contributed by atoms with van der Waals surface area (Å²) in [6.45, 7) is 2.21. The van der Waals surface area contributed by atoms with Crippen molar-refractivity contribution < 1.29 is 18.8 Å². The molecule has 0 spiro atoms. The lowest BCUT2D eigenvalue weighted by Crippen LogP contribution is -2.24. The molecule has 2 aromatic rings. The molecule has 0 aliphatic heterocycles. The molecule has 1 saturated carbocycles. The molecule has 1 aliphatic carbocycles. The summed E-state index contributed by atoms with van der Waals surface area (Å²) in [7, 11) is 3.26. The number of hydrogen-bond donors (Lipinski definition) is 1. The SMILES string of the molecule is COc1ccc(OC)c([C@@H]2C[C@@H]2C(=O)NCc2cc(C)no2)c1. The molecule has 2 atom stereocenters. The topological polar surface area (TPSA) is 73.6 Å². The van der Waals surface area contributed by atoms with Crippen LogP contribution in [0.2, 0.25) is 0 Å². The highest BCUT2D eigenvalue weighted by molar-refractivity contribution is 5.83. The number of nitrogens with zero attached hydrogens (tertiary/aromatic N) is 1. The first-order valence-electron chi connectivity index (χ1n) is 7.54. The molecular formula is C17H20N2O4. The van der Waals surface area contributed by atoms with E-state index in [4.69, 9.17) is 14.0 Å². The minimum absolute atomic E-state index is 0.0222. The van der Waals surface area contributed by atoms with Gasteiger partial charge in [-0.05, 0) is 31.5 Å². The molecule has 3 rings (SSSR count). The average Bonchev–Trinajstić information content (AvgIpc) is 3.27. The Bertz CT molecular complexity index is 710. The van der Waals surface area contributed by atoms with Gasteiger partial charge in [0, 0.05) is 23.5 Å². The summed E-state index contributed by atoms with van der Waals surface area (Å²) < 4.78 is 15.7. The van der Waals surface area contributed by atoms with Gasteiger partial charge in [-0.2, -0.15) is 0 Å². The third-order valence-corrected chi connectivity index (χ3v) is 4.08. The lowest BCUT2D eigenvalue weighted by molar-refractivity contribution is -0.122. The highest BCUT2D eigenvalue weighted by atomic mass is 16.5. The average molecular weight is 316 g/mol. The molecule has 6 heteroatoms. The fourth-order valence-electron chi connectivity index (χ4n) is 2.76. The van der Waals surface area contributed by atoms with Crippen LogP contribution < -0.4 is 14.8 Å². The van der Waals surface area contributed by atoms with Crippen molar-refractivity contribution in [3.63, 3.8) is 0 Å². The van der Waals surface area contributed by atoms with Crippen LogP contribution in [0.1, 0.15) is 29.4 Å². The molecule has 0 radical (unpaired) electrons. The molecule has 1 heterocycles. The number of rotatable bonds is 6. The quantitative estimate of drug-likeness (QED) is 0.886. The van der Waals surface area contributed by atoms with Crippen molar-refractivity contribution in [2.75, 3.05) is 14.2 Å². The molecule has 0 saturated heterocycles. The summed E-state index contributed by atoms with van der Waals surface area (Å²) in [5.41, 5.74) is 1.82. The van der Waals surface area contributed by atoms with Crippen LogP contribution in [0, 0.1) is 12.8 Å². The zero-order valence-electron chi connectivity index (χ0n) is 13.5. The third-order valence-electron chi connectivity index (χ3n) is 4.08. The fourth-order valence-corrected chi connectivity index (χ4v) is 2.76. The Hall–Kier alpha value is -2.50. The molecule has 0 unspecified atom stereocenters. The van der Waals surface area contributed by atoms with Crippen molar-refractivity contribution in [2.45, 2.75) is 25.8 Å². The van der Waals surface area contributed by atoms with E-state index in [1.807, 2.05) is 31.2 Å². The summed E-state index contributed by atoms with van der Waals surface area (Å²) in [6, 6.07) is 7.48. The Kier molecular flexibility index (Phi) is 4.23. The fraction of sp³-hybridized carbons (Fsp3) is 0.412. The minimum atomic E-state index is -0.0416. The van der Waals surface area contributed by atoms with Crippen LogP contribution in [0.25, 0.3) is 0 Å². The second-order valence-corrected chi connectivity index (χ2v) is 5.71. The predicted molar refractivity (Wildman–Crippen MR) is 83.5 cm³/mol. The molecular weight excluding hydrogens is 296 g/mol. The zero-order chi connectivity index (χ0) is 16.4. The van der Waals surface area contributed by atoms with Gasteiger partial charge in [0.1, 0.15) is 11.5 Å². The first kappa shape index (κ1) is 15.4. The van der Waals surface area contributed by atoms with E-state index >= 15 is 0 Å². The van der Waals surface area contributed by atoms with Crippen molar-refractivity contribution in [3.05, 3.63) is 41.3 Å². The maximum Gasteiger partial charge on any atom is 0.224 e. The predicted octanol–water partition coefficient (Wildman–Crippen LogP) is 2.42. The van der Waals surface area contributed by atoms with E-state index < -0.39 is 0 Å². The lowest BCUT2D eigenvalue weighted by Gasteiger charge is -2.10. The summed E-state index contributed by atoms with van der Waals surface area (Å²) in [5.74, 6) is 2.36. The van der Waals surface area contributed by atoms with Crippen LogP contribution >= 0.6 is 0 Å². The standard InChI is InChI=1S/C17H20N2O4/c1-10-6-12(23-19-10)9-18-17(20)15-8-13(15)14-7-11(21-2)4-5-16(14)22-3/h4-7,13,15H,8-9H2,1-3H3,(H,18,20)/t13-,15-/m0/s1. The maximum absolute atomic E-state index is 12.3. The number of carbonyl (C=O) groups excluding carboxylic acids is 1. The molecule has 1 aromatic carbocycles. The van der Waals surface area contributed by atoms with Crippen LogP contribution in [0.4, 0.5) is 0 Å². The van der Waals surface area contributed by atoms with Crippen molar-refractivity contribution >= 4 is 5.91 Å². The van der Waals surface area contributed by atoms with Crippen LogP contribution in [0.5, 0.6) is 11.5 Å². The maximum atomic E-state index is 12.3. The second kappa shape index (κ2) is 6.32. The van der Waals surface area contributed by atoms with Crippen molar-refractivity contribution in [3.8, 4) is 11.5 Å². The van der Waals surface area contributed by atoms with Crippen LogP contribution in [-0.2, 0) is 11.3 Å². The van der Waals surface area contributed by atoms with Crippen LogP contribution in [0.3, 0.4) is 0 Å². The van der Waals surface area contributed by atoms with Crippen LogP contribution in [0.15, 0.2) is 28.8 Å². The number of amides is 1. The first-order chi connectivity index (χ1) is 11.1. The highest BCUT2D eigenvalue weighted by Crippen LogP contribution is 2.51. The summed E-state index contributed by atoms with van der Waals surface area (Å²) in [4.78, 5) is 12.3. The monoisotopic (exact) mass is 316 g/mol. The number of aromatic nitrogens is 1. The first-order valence-corrected chi connectivity index (χ1v) is 7.54. The molecule has 6 nitrogen and oxygen atoms in total. The van der Waals surface area contributed by atoms with E-state index in [0.29, 0.717) is 12.3 Å². The Morgan fingerprint density at radius 3 is 2.83 bits per heavy atom. The van der Waals surface area contributed by atoms with E-state index in [2.05, 4.69) is 10.5 Å². The van der Waals surface area contributed by atoms with Crippen molar-refractivity contribution in [1.29, 1.82) is 0 Å². The van der Waals surface area contributed by atoms with Gasteiger partial charge in [0.15, 0.2) is 5.76 Å². The Morgan fingerprint density at radius 1 is 1.35 bits per heavy atom. The normalized spacial score (nSPS) is 19.3. The van der Waals surface area contributed by atoms with Crippen LogP contribution in [-0.4, -0.2) is 25.3 Å². The van der Waals surface area contributed by atoms with Gasteiger partial charge in [-0.1, -0.05) is 5.16 Å². The molecule has 122 valence electrons. The minimum Gasteiger partial charge on any atom is -0.497 e. The summed E-state index contributed by atoms with van der Waals surface area (Å²) in [6.07, 6.45) is 0.810. The van der Waals surface area contributed by atoms with Gasteiger partial charge in [0.05, 0.1) is 26.5 Å². The smallest absolute Gasteiger partial charge is 0.224 e. The number of hydrogen-bond acceptors (Lipinski definition) is 5. The highest BCUT2D eigenvalue weighted by Gasteiger charge is 2.45. The zero-order valence-corrected chi connectivity index (χ0v) is 13.5. The van der Waals surface area contributed by atoms with Gasteiger partial charge in [-0.3, -0.25) is 4.79 Å². The number of benzene rings is 1. The van der Waals surface area contributed by atoms with Crippen molar-refractivity contribution in [1.82, 2.24) is 10.5 Å². The molecule has 1 aromatic heterocycles. The second-order valence-electron chi connectivity index (χ2n) is 5.71. The van der Waals surface area contributed by atoms with Gasteiger partial charge in [0.2, 0.25) is 5.91 Å². The number of ether oxygens (including phenoxy) is 2.